The molecule has 6 heteroatoms. The predicted molar refractivity (Wildman–Crippen MR) is 116 cm³/mol. The van der Waals surface area contributed by atoms with Gasteiger partial charge in [0, 0.05) is 31.4 Å². The first-order chi connectivity index (χ1) is 14.6. The maximum atomic E-state index is 13.1. The molecule has 2 amide bonds. The number of carbonyl (C=O) groups is 2. The van der Waals surface area contributed by atoms with E-state index in [2.05, 4.69) is 9.80 Å². The molecule has 0 saturated carbocycles. The van der Waals surface area contributed by atoms with Crippen molar-refractivity contribution >= 4 is 23.6 Å². The van der Waals surface area contributed by atoms with Gasteiger partial charge in [0.1, 0.15) is 0 Å². The predicted octanol–water partition coefficient (Wildman–Crippen LogP) is 3.02. The molecule has 2 N–H and O–H groups in total. The second-order valence-corrected chi connectivity index (χ2v) is 8.08. The summed E-state index contributed by atoms with van der Waals surface area (Å²) in [6.07, 6.45) is 6.47. The van der Waals surface area contributed by atoms with E-state index in [9.17, 15) is 9.59 Å². The average Bonchev–Trinajstić information content (AvgIpc) is 3.40. The minimum absolute atomic E-state index is 0.120. The van der Waals surface area contributed by atoms with Crippen LogP contribution in [0.15, 0.2) is 60.7 Å². The maximum absolute atomic E-state index is 13.1. The number of hydrogen-bond donors (Lipinski definition) is 2. The highest BCUT2D eigenvalue weighted by molar-refractivity contribution is 5.92. The van der Waals surface area contributed by atoms with Crippen molar-refractivity contribution in [3.05, 3.63) is 71.8 Å². The molecule has 156 valence electrons. The minimum atomic E-state index is -0.559. The highest BCUT2D eigenvalue weighted by atomic mass is 16.5. The first-order valence-corrected chi connectivity index (χ1v) is 10.4. The minimum Gasteiger partial charge on any atom is -0.369 e. The fourth-order valence-corrected chi connectivity index (χ4v) is 4.80. The van der Waals surface area contributed by atoms with E-state index in [0.717, 1.165) is 55.7 Å². The molecular formula is C24H27N3O3. The molecule has 0 bridgehead atoms. The van der Waals surface area contributed by atoms with Crippen molar-refractivity contribution < 1.29 is 14.8 Å². The van der Waals surface area contributed by atoms with Gasteiger partial charge < -0.3 is 9.80 Å². The van der Waals surface area contributed by atoms with E-state index < -0.39 is 5.91 Å². The van der Waals surface area contributed by atoms with E-state index in [4.69, 9.17) is 5.21 Å². The lowest BCUT2D eigenvalue weighted by molar-refractivity contribution is -0.134. The van der Waals surface area contributed by atoms with Crippen LogP contribution in [-0.4, -0.2) is 47.1 Å². The molecule has 0 aliphatic carbocycles. The van der Waals surface area contributed by atoms with Crippen LogP contribution < -0.4 is 10.4 Å². The monoisotopic (exact) mass is 405 g/mol. The zero-order chi connectivity index (χ0) is 21.0. The van der Waals surface area contributed by atoms with E-state index in [-0.39, 0.29) is 11.4 Å². The van der Waals surface area contributed by atoms with Gasteiger partial charge in [-0.2, -0.15) is 0 Å². The van der Waals surface area contributed by atoms with Gasteiger partial charge in [0.2, 0.25) is 5.91 Å². The summed E-state index contributed by atoms with van der Waals surface area (Å²) in [5, 5.41) is 8.72. The maximum Gasteiger partial charge on any atom is 0.267 e. The Hall–Kier alpha value is -3.12. The Kier molecular flexibility index (Phi) is 5.86. The van der Waals surface area contributed by atoms with Gasteiger partial charge in [-0.25, -0.2) is 5.48 Å². The Morgan fingerprint density at radius 3 is 2.60 bits per heavy atom. The number of anilines is 1. The van der Waals surface area contributed by atoms with Crippen LogP contribution in [0.4, 0.5) is 5.69 Å². The van der Waals surface area contributed by atoms with E-state index in [1.54, 1.807) is 11.6 Å². The van der Waals surface area contributed by atoms with Gasteiger partial charge in [0.25, 0.3) is 5.91 Å². The summed E-state index contributed by atoms with van der Waals surface area (Å²) in [4.78, 5) is 28.9. The van der Waals surface area contributed by atoms with Crippen molar-refractivity contribution in [1.29, 1.82) is 0 Å². The third-order valence-electron chi connectivity index (χ3n) is 6.23. The van der Waals surface area contributed by atoms with Crippen LogP contribution >= 0.6 is 0 Å². The Morgan fingerprint density at radius 1 is 1.03 bits per heavy atom. The summed E-state index contributed by atoms with van der Waals surface area (Å²) in [5.41, 5.74) is 4.51. The summed E-state index contributed by atoms with van der Waals surface area (Å²) in [6.45, 7) is 2.48. The third kappa shape index (κ3) is 4.09. The number of benzene rings is 2. The zero-order valence-corrected chi connectivity index (χ0v) is 17.0. The van der Waals surface area contributed by atoms with Gasteiger partial charge in [-0.15, -0.1) is 0 Å². The fraction of sp³-hybridized carbons (Fsp3) is 0.333. The second kappa shape index (κ2) is 8.71. The summed E-state index contributed by atoms with van der Waals surface area (Å²) < 4.78 is 0. The number of likely N-dealkylation sites (tertiary alicyclic amines) is 1. The van der Waals surface area contributed by atoms with Gasteiger partial charge in [-0.1, -0.05) is 48.5 Å². The highest BCUT2D eigenvalue weighted by Crippen LogP contribution is 2.40. The summed E-state index contributed by atoms with van der Waals surface area (Å²) >= 11 is 0. The summed E-state index contributed by atoms with van der Waals surface area (Å²) in [7, 11) is 0. The van der Waals surface area contributed by atoms with Crippen LogP contribution in [0.5, 0.6) is 0 Å². The second-order valence-electron chi connectivity index (χ2n) is 8.08. The topological polar surface area (TPSA) is 72.9 Å². The van der Waals surface area contributed by atoms with Crippen LogP contribution in [0.25, 0.3) is 6.08 Å². The molecule has 6 nitrogen and oxygen atoms in total. The SMILES string of the molecule is O=C(/C=C/c1ccccc1N1CCC2(CCCN2C(=O)Cc2ccccc2)C1)NO. The molecule has 1 atom stereocenters. The first kappa shape index (κ1) is 20.2. The molecule has 2 aliphatic rings. The molecule has 2 aromatic rings. The van der Waals surface area contributed by atoms with Gasteiger partial charge in [-0.3, -0.25) is 14.8 Å². The Balaban J connectivity index is 1.51. The molecule has 2 fully saturated rings. The van der Waals surface area contributed by atoms with E-state index in [1.807, 2.05) is 54.6 Å². The van der Waals surface area contributed by atoms with Crippen LogP contribution in [0.2, 0.25) is 0 Å². The molecule has 0 aromatic heterocycles. The standard InChI is InChI=1S/C24H27N3O3/c28-22(25-30)12-11-20-9-4-5-10-21(20)26-16-14-24(18-26)13-6-15-27(24)23(29)17-19-7-2-1-3-8-19/h1-5,7-12,30H,6,13-18H2,(H,25,28)/b12-11+. The molecule has 1 spiro atoms. The average molecular weight is 405 g/mol. The lowest BCUT2D eigenvalue weighted by Gasteiger charge is -2.35. The van der Waals surface area contributed by atoms with Gasteiger partial charge >= 0.3 is 0 Å². The van der Waals surface area contributed by atoms with E-state index in [0.29, 0.717) is 6.42 Å². The fourth-order valence-electron chi connectivity index (χ4n) is 4.80. The van der Waals surface area contributed by atoms with E-state index in [1.165, 1.54) is 6.08 Å². The normalized spacial score (nSPS) is 21.0. The smallest absolute Gasteiger partial charge is 0.267 e. The highest BCUT2D eigenvalue weighted by Gasteiger charge is 2.48. The largest absolute Gasteiger partial charge is 0.369 e. The number of hydroxylamine groups is 1. The molecule has 2 saturated heterocycles. The van der Waals surface area contributed by atoms with Crippen molar-refractivity contribution in [3.63, 3.8) is 0 Å². The number of rotatable bonds is 5. The van der Waals surface area contributed by atoms with Crippen molar-refractivity contribution in [2.24, 2.45) is 0 Å². The molecular weight excluding hydrogens is 378 g/mol. The summed E-state index contributed by atoms with van der Waals surface area (Å²) in [5.74, 6) is -0.357. The first-order valence-electron chi connectivity index (χ1n) is 10.4. The number of nitrogens with one attached hydrogen (secondary N) is 1. The van der Waals surface area contributed by atoms with Crippen LogP contribution in [0.3, 0.4) is 0 Å². The number of para-hydroxylation sites is 1. The molecule has 0 radical (unpaired) electrons. The van der Waals surface area contributed by atoms with Gasteiger partial charge in [-0.05, 0) is 42.5 Å². The van der Waals surface area contributed by atoms with Crippen LogP contribution in [0, 0.1) is 0 Å². The number of amides is 2. The lowest BCUT2D eigenvalue weighted by Crippen LogP contribution is -2.49. The third-order valence-corrected chi connectivity index (χ3v) is 6.23. The zero-order valence-electron chi connectivity index (χ0n) is 17.0. The number of hydrogen-bond acceptors (Lipinski definition) is 4. The van der Waals surface area contributed by atoms with Crippen LogP contribution in [0.1, 0.15) is 30.4 Å². The van der Waals surface area contributed by atoms with Crippen molar-refractivity contribution in [3.8, 4) is 0 Å². The summed E-state index contributed by atoms with van der Waals surface area (Å²) in [6, 6.07) is 17.8. The Labute approximate surface area is 176 Å². The molecule has 4 rings (SSSR count). The quantitative estimate of drug-likeness (QED) is 0.456. The van der Waals surface area contributed by atoms with Gasteiger partial charge in [0.15, 0.2) is 0 Å². The number of carbonyl (C=O) groups excluding carboxylic acids is 2. The van der Waals surface area contributed by atoms with Gasteiger partial charge in [0.05, 0.1) is 12.0 Å². The number of nitrogens with zero attached hydrogens (tertiary/aromatic N) is 2. The molecule has 1 unspecified atom stereocenters. The van der Waals surface area contributed by atoms with E-state index >= 15 is 0 Å². The Bertz CT molecular complexity index is 944. The van der Waals surface area contributed by atoms with Crippen molar-refractivity contribution in [2.75, 3.05) is 24.5 Å². The van der Waals surface area contributed by atoms with Crippen molar-refractivity contribution in [2.45, 2.75) is 31.2 Å². The van der Waals surface area contributed by atoms with Crippen LogP contribution in [-0.2, 0) is 16.0 Å². The molecule has 2 aromatic carbocycles. The molecule has 30 heavy (non-hydrogen) atoms. The Morgan fingerprint density at radius 2 is 1.80 bits per heavy atom. The molecule has 2 aliphatic heterocycles. The lowest BCUT2D eigenvalue weighted by atomic mass is 9.94. The molecule has 2 heterocycles. The van der Waals surface area contributed by atoms with Crippen molar-refractivity contribution in [1.82, 2.24) is 10.4 Å².